The number of pyridine rings is 2. The molecule has 35 heavy (non-hydrogen) atoms. The van der Waals surface area contributed by atoms with Gasteiger partial charge in [0.05, 0.1) is 12.0 Å². The Balaban J connectivity index is 2.09. The van der Waals surface area contributed by atoms with Gasteiger partial charge in [0.2, 0.25) is 0 Å². The van der Waals surface area contributed by atoms with E-state index < -0.39 is 11.9 Å². The molecule has 0 aliphatic heterocycles. The lowest BCUT2D eigenvalue weighted by atomic mass is 10.2. The molecule has 0 spiro atoms. The third-order valence-electron chi connectivity index (χ3n) is 5.29. The molecule has 0 saturated carbocycles. The van der Waals surface area contributed by atoms with Crippen LogP contribution in [0, 0.1) is 0 Å². The first-order valence-corrected chi connectivity index (χ1v) is 11.4. The van der Waals surface area contributed by atoms with Crippen LogP contribution in [-0.4, -0.2) is 46.2 Å². The number of amides is 1. The van der Waals surface area contributed by atoms with Gasteiger partial charge in [-0.2, -0.15) is 4.99 Å². The Labute approximate surface area is 205 Å². The highest BCUT2D eigenvalue weighted by Crippen LogP contribution is 2.14. The second kappa shape index (κ2) is 10.6. The van der Waals surface area contributed by atoms with Crippen molar-refractivity contribution in [3.8, 4) is 0 Å². The van der Waals surface area contributed by atoms with Gasteiger partial charge in [-0.05, 0) is 49.7 Å². The van der Waals surface area contributed by atoms with Crippen LogP contribution in [0.3, 0.4) is 0 Å². The number of carbonyl (C=O) groups is 2. The first kappa shape index (κ1) is 24.3. The summed E-state index contributed by atoms with van der Waals surface area (Å²) in [6, 6.07) is 12.9. The minimum atomic E-state index is -0.704. The maximum Gasteiger partial charge on any atom is 0.341 e. The van der Waals surface area contributed by atoms with Crippen LogP contribution in [0.15, 0.2) is 64.5 Å². The zero-order valence-corrected chi connectivity index (χ0v) is 20.0. The fourth-order valence-corrected chi connectivity index (χ4v) is 3.91. The number of aryl methyl sites for hydroxylation is 1. The van der Waals surface area contributed by atoms with Gasteiger partial charge in [0.15, 0.2) is 5.49 Å². The lowest BCUT2D eigenvalue weighted by Crippen LogP contribution is -2.33. The number of hydrogen-bond donors (Lipinski definition) is 0. The van der Waals surface area contributed by atoms with Crippen LogP contribution >= 0.6 is 11.6 Å². The molecule has 1 amide bonds. The van der Waals surface area contributed by atoms with Crippen molar-refractivity contribution in [2.24, 2.45) is 4.99 Å². The van der Waals surface area contributed by atoms with Gasteiger partial charge in [-0.3, -0.25) is 14.0 Å². The molecule has 9 nitrogen and oxygen atoms in total. The number of esters is 1. The highest BCUT2D eigenvalue weighted by molar-refractivity contribution is 6.31. The molecule has 0 aliphatic carbocycles. The average molecular weight is 495 g/mol. The van der Waals surface area contributed by atoms with E-state index in [2.05, 4.69) is 9.98 Å². The molecule has 180 valence electrons. The molecule has 3 heterocycles. The van der Waals surface area contributed by atoms with Gasteiger partial charge in [-0.25, -0.2) is 9.78 Å². The van der Waals surface area contributed by atoms with Crippen molar-refractivity contribution < 1.29 is 19.1 Å². The minimum absolute atomic E-state index is 0.0121. The van der Waals surface area contributed by atoms with Crippen molar-refractivity contribution in [1.82, 2.24) is 14.0 Å². The molecule has 0 radical (unpaired) electrons. The van der Waals surface area contributed by atoms with Gasteiger partial charge < -0.3 is 14.0 Å². The van der Waals surface area contributed by atoms with E-state index in [1.807, 2.05) is 0 Å². The Bertz CT molecular complexity index is 1560. The number of nitrogens with zero attached hydrogens (tertiary/aromatic N) is 4. The Morgan fingerprint density at radius 3 is 2.71 bits per heavy atom. The number of fused-ring (bicyclic) bond motifs is 2. The van der Waals surface area contributed by atoms with Gasteiger partial charge in [0, 0.05) is 37.0 Å². The molecule has 1 aromatic carbocycles. The second-order valence-electron chi connectivity index (χ2n) is 7.61. The lowest BCUT2D eigenvalue weighted by molar-refractivity contribution is 0.0523. The first-order valence-electron chi connectivity index (χ1n) is 11.0. The van der Waals surface area contributed by atoms with Gasteiger partial charge in [0.1, 0.15) is 16.9 Å². The van der Waals surface area contributed by atoms with Crippen LogP contribution in [0.5, 0.6) is 0 Å². The van der Waals surface area contributed by atoms with Crippen LogP contribution in [0.25, 0.3) is 16.7 Å². The standard InChI is InChI=1S/C25H23ClN4O5/c1-3-35-25(33)19-15-18-21(27-20-10-4-5-11-29(20)24(18)32)30(12-7-13-34-2)22(19)28-23(31)16-8-6-9-17(26)14-16/h4-6,8-11,14-15H,3,7,12-13H2,1-2H3. The highest BCUT2D eigenvalue weighted by atomic mass is 35.5. The van der Waals surface area contributed by atoms with E-state index in [4.69, 9.17) is 21.1 Å². The summed E-state index contributed by atoms with van der Waals surface area (Å²) in [6.07, 6.45) is 2.12. The topological polar surface area (TPSA) is 104 Å². The van der Waals surface area contributed by atoms with Gasteiger partial charge in [0.25, 0.3) is 11.5 Å². The highest BCUT2D eigenvalue weighted by Gasteiger charge is 2.20. The first-order chi connectivity index (χ1) is 16.9. The largest absolute Gasteiger partial charge is 0.462 e. The summed E-state index contributed by atoms with van der Waals surface area (Å²) in [6.45, 7) is 2.47. The monoisotopic (exact) mass is 494 g/mol. The fraction of sp³-hybridized carbons (Fsp3) is 0.240. The quantitative estimate of drug-likeness (QED) is 0.222. The lowest BCUT2D eigenvalue weighted by Gasteiger charge is -2.15. The Morgan fingerprint density at radius 2 is 1.97 bits per heavy atom. The SMILES string of the molecule is CCOC(=O)c1cc2c(=O)n3ccccc3nc2n(CCCOC)c1=NC(=O)c1cccc(Cl)c1. The number of hydrogen-bond acceptors (Lipinski definition) is 6. The third-order valence-corrected chi connectivity index (χ3v) is 5.53. The van der Waals surface area contributed by atoms with Crippen LogP contribution in [-0.2, 0) is 16.0 Å². The second-order valence-corrected chi connectivity index (χ2v) is 8.05. The van der Waals surface area contributed by atoms with Gasteiger partial charge in [-0.15, -0.1) is 0 Å². The minimum Gasteiger partial charge on any atom is -0.462 e. The van der Waals surface area contributed by atoms with E-state index in [1.54, 1.807) is 61.2 Å². The molecule has 3 aromatic heterocycles. The van der Waals surface area contributed by atoms with E-state index in [0.717, 1.165) is 0 Å². The number of rotatable bonds is 7. The van der Waals surface area contributed by atoms with Crippen molar-refractivity contribution in [2.75, 3.05) is 20.3 Å². The molecule has 0 unspecified atom stereocenters. The smallest absolute Gasteiger partial charge is 0.341 e. The molecule has 0 saturated heterocycles. The number of aromatic nitrogens is 3. The van der Waals surface area contributed by atoms with E-state index in [1.165, 1.54) is 16.5 Å². The molecule has 0 bridgehead atoms. The summed E-state index contributed by atoms with van der Waals surface area (Å²) in [7, 11) is 1.57. The number of carbonyl (C=O) groups excluding carboxylic acids is 2. The molecule has 0 fully saturated rings. The van der Waals surface area contributed by atoms with E-state index in [-0.39, 0.29) is 40.7 Å². The van der Waals surface area contributed by atoms with Crippen LogP contribution < -0.4 is 11.0 Å². The van der Waals surface area contributed by atoms with Gasteiger partial charge in [-0.1, -0.05) is 23.7 Å². The predicted molar refractivity (Wildman–Crippen MR) is 131 cm³/mol. The van der Waals surface area contributed by atoms with E-state index >= 15 is 0 Å². The van der Waals surface area contributed by atoms with Crippen LogP contribution in [0.4, 0.5) is 0 Å². The Morgan fingerprint density at radius 1 is 1.14 bits per heavy atom. The number of benzene rings is 1. The third kappa shape index (κ3) is 5.01. The number of halogens is 1. The molecule has 4 aromatic rings. The summed E-state index contributed by atoms with van der Waals surface area (Å²) in [5.41, 5.74) is 0.641. The number of methoxy groups -OCH3 is 1. The zero-order valence-electron chi connectivity index (χ0n) is 19.2. The maximum absolute atomic E-state index is 13.3. The van der Waals surface area contributed by atoms with E-state index in [0.29, 0.717) is 29.3 Å². The summed E-state index contributed by atoms with van der Waals surface area (Å²) in [5, 5.41) is 0.577. The number of ether oxygens (including phenoxy) is 2. The van der Waals surface area contributed by atoms with Crippen molar-refractivity contribution in [1.29, 1.82) is 0 Å². The molecule has 0 aliphatic rings. The molecular weight excluding hydrogens is 472 g/mol. The van der Waals surface area contributed by atoms with Crippen LogP contribution in [0.1, 0.15) is 34.1 Å². The van der Waals surface area contributed by atoms with Crippen molar-refractivity contribution in [3.05, 3.63) is 86.7 Å². The molecule has 10 heteroatoms. The fourth-order valence-electron chi connectivity index (χ4n) is 3.72. The zero-order chi connectivity index (χ0) is 24.9. The van der Waals surface area contributed by atoms with Gasteiger partial charge >= 0.3 is 5.97 Å². The molecule has 4 rings (SSSR count). The molecular formula is C25H23ClN4O5. The predicted octanol–water partition coefficient (Wildman–Crippen LogP) is 3.26. The van der Waals surface area contributed by atoms with Crippen molar-refractivity contribution in [2.45, 2.75) is 19.9 Å². The van der Waals surface area contributed by atoms with Crippen molar-refractivity contribution in [3.63, 3.8) is 0 Å². The van der Waals surface area contributed by atoms with Crippen LogP contribution in [0.2, 0.25) is 5.02 Å². The van der Waals surface area contributed by atoms with E-state index in [9.17, 15) is 14.4 Å². The maximum atomic E-state index is 13.3. The summed E-state index contributed by atoms with van der Waals surface area (Å²) >= 11 is 6.05. The summed E-state index contributed by atoms with van der Waals surface area (Å²) in [4.78, 5) is 48.3. The normalized spacial score (nSPS) is 11.8. The summed E-state index contributed by atoms with van der Waals surface area (Å²) in [5.74, 6) is -1.31. The molecule has 0 atom stereocenters. The average Bonchev–Trinajstić information content (AvgIpc) is 2.85. The van der Waals surface area contributed by atoms with Crippen molar-refractivity contribution >= 4 is 40.2 Å². The Hall–Kier alpha value is -3.82. The molecule has 0 N–H and O–H groups in total. The summed E-state index contributed by atoms with van der Waals surface area (Å²) < 4.78 is 13.4. The Kier molecular flexibility index (Phi) is 7.38.